The number of amides is 1. The molecule has 0 saturated carbocycles. The molecule has 0 radical (unpaired) electrons. The van der Waals surface area contributed by atoms with Gasteiger partial charge in [-0.05, 0) is 30.0 Å². The molecule has 3 heteroatoms. The van der Waals surface area contributed by atoms with Crippen LogP contribution in [-0.2, 0) is 4.79 Å². The number of nitrogens with one attached hydrogen (secondary N) is 1. The predicted molar refractivity (Wildman–Crippen MR) is 87.6 cm³/mol. The number of hydrogen-bond acceptors (Lipinski definition) is 2. The molecule has 0 unspecified atom stereocenters. The number of nitrogens with zero attached hydrogens (tertiary/aromatic N) is 1. The van der Waals surface area contributed by atoms with Crippen molar-refractivity contribution in [3.8, 4) is 0 Å². The fourth-order valence-electron chi connectivity index (χ4n) is 3.71. The third-order valence-corrected chi connectivity index (χ3v) is 4.80. The van der Waals surface area contributed by atoms with Gasteiger partial charge in [0.2, 0.25) is 5.91 Å². The van der Waals surface area contributed by atoms with Gasteiger partial charge in [-0.15, -0.1) is 0 Å². The highest BCUT2D eigenvalue weighted by atomic mass is 16.2. The van der Waals surface area contributed by atoms with Crippen LogP contribution in [0.15, 0.2) is 54.6 Å². The molecule has 1 saturated heterocycles. The number of anilines is 1. The molecule has 1 fully saturated rings. The number of carbonyl (C=O) groups excluding carboxylic acids is 1. The monoisotopic (exact) mass is 292 g/mol. The number of para-hydroxylation sites is 1. The highest BCUT2D eigenvalue weighted by Crippen LogP contribution is 2.43. The van der Waals surface area contributed by atoms with Crippen LogP contribution in [-0.4, -0.2) is 17.4 Å². The minimum absolute atomic E-state index is 0.192. The topological polar surface area (TPSA) is 32.3 Å². The first-order valence-corrected chi connectivity index (χ1v) is 8.03. The van der Waals surface area contributed by atoms with Gasteiger partial charge < -0.3 is 10.2 Å². The Hall–Kier alpha value is -2.29. The Labute approximate surface area is 131 Å². The first-order valence-electron chi connectivity index (χ1n) is 8.03. The molecule has 0 aromatic heterocycles. The molecule has 0 bridgehead atoms. The van der Waals surface area contributed by atoms with E-state index in [1.165, 1.54) is 11.1 Å². The van der Waals surface area contributed by atoms with Crippen LogP contribution < -0.4 is 5.32 Å². The van der Waals surface area contributed by atoms with E-state index >= 15 is 0 Å². The van der Waals surface area contributed by atoms with Gasteiger partial charge in [0.05, 0.1) is 12.1 Å². The zero-order valence-electron chi connectivity index (χ0n) is 12.5. The normalized spacial score (nSPS) is 24.0. The molecule has 0 aliphatic carbocycles. The third-order valence-electron chi connectivity index (χ3n) is 4.80. The Morgan fingerprint density at radius 3 is 2.55 bits per heavy atom. The van der Waals surface area contributed by atoms with Gasteiger partial charge >= 0.3 is 0 Å². The Morgan fingerprint density at radius 2 is 1.77 bits per heavy atom. The average molecular weight is 292 g/mol. The fourth-order valence-corrected chi connectivity index (χ4v) is 3.71. The lowest BCUT2D eigenvalue weighted by molar-refractivity contribution is -0.130. The van der Waals surface area contributed by atoms with E-state index in [-0.39, 0.29) is 12.1 Å². The van der Waals surface area contributed by atoms with Gasteiger partial charge in [0.25, 0.3) is 0 Å². The summed E-state index contributed by atoms with van der Waals surface area (Å²) in [6.07, 6.45) is 2.62. The molecular weight excluding hydrogens is 272 g/mol. The quantitative estimate of drug-likeness (QED) is 0.910. The van der Waals surface area contributed by atoms with Crippen LogP contribution in [0.2, 0.25) is 0 Å². The van der Waals surface area contributed by atoms with E-state index in [1.54, 1.807) is 0 Å². The second-order valence-electron chi connectivity index (χ2n) is 6.14. The van der Waals surface area contributed by atoms with E-state index in [0.29, 0.717) is 12.3 Å². The molecule has 2 heterocycles. The highest BCUT2D eigenvalue weighted by Gasteiger charge is 2.35. The summed E-state index contributed by atoms with van der Waals surface area (Å²) >= 11 is 0. The number of carbonyl (C=O) groups is 1. The fraction of sp³-hybridized carbons (Fsp3) is 0.316. The minimum Gasteiger partial charge on any atom is -0.378 e. The van der Waals surface area contributed by atoms with Gasteiger partial charge in [0, 0.05) is 18.7 Å². The summed E-state index contributed by atoms with van der Waals surface area (Å²) in [5.41, 5.74) is 3.70. The number of fused-ring (bicyclic) bond motifs is 1. The molecule has 2 aliphatic rings. The zero-order chi connectivity index (χ0) is 14.9. The molecule has 1 N–H and O–H groups in total. The third kappa shape index (κ3) is 2.27. The van der Waals surface area contributed by atoms with Crippen molar-refractivity contribution < 1.29 is 4.79 Å². The van der Waals surface area contributed by atoms with Crippen molar-refractivity contribution in [2.75, 3.05) is 11.9 Å². The molecular formula is C19H20N2O. The molecule has 3 nitrogen and oxygen atoms in total. The van der Waals surface area contributed by atoms with Crippen LogP contribution in [0.1, 0.15) is 42.5 Å². The summed E-state index contributed by atoms with van der Waals surface area (Å²) in [5.74, 6) is 0.300. The van der Waals surface area contributed by atoms with Crippen LogP contribution >= 0.6 is 0 Å². The lowest BCUT2D eigenvalue weighted by atomic mass is 9.88. The standard InChI is InChI=1S/C19H20N2O/c22-19-11-6-12-21(19)18-13-17(14-7-2-1-3-8-14)20-16-10-5-4-9-15(16)18/h1-5,7-10,17-18,20H,6,11-13H2/t17-,18+/m0/s1. The molecule has 2 aliphatic heterocycles. The van der Waals surface area contributed by atoms with Crippen molar-refractivity contribution in [3.05, 3.63) is 65.7 Å². The van der Waals surface area contributed by atoms with Crippen molar-refractivity contribution >= 4 is 11.6 Å². The molecule has 0 spiro atoms. The van der Waals surface area contributed by atoms with E-state index in [0.717, 1.165) is 25.1 Å². The molecule has 1 amide bonds. The van der Waals surface area contributed by atoms with E-state index in [1.807, 2.05) is 6.07 Å². The van der Waals surface area contributed by atoms with Crippen LogP contribution in [0, 0.1) is 0 Å². The SMILES string of the molecule is O=C1CCCN1[C@@H]1C[C@@H](c2ccccc2)Nc2ccccc21. The second-order valence-corrected chi connectivity index (χ2v) is 6.14. The van der Waals surface area contributed by atoms with Gasteiger partial charge in [0.15, 0.2) is 0 Å². The van der Waals surface area contributed by atoms with Crippen molar-refractivity contribution in [3.63, 3.8) is 0 Å². The maximum absolute atomic E-state index is 12.2. The molecule has 112 valence electrons. The van der Waals surface area contributed by atoms with E-state index in [2.05, 4.69) is 58.7 Å². The van der Waals surface area contributed by atoms with Gasteiger partial charge in [-0.2, -0.15) is 0 Å². The lowest BCUT2D eigenvalue weighted by Crippen LogP contribution is -2.35. The van der Waals surface area contributed by atoms with Crippen LogP contribution in [0.3, 0.4) is 0 Å². The maximum atomic E-state index is 12.2. The molecule has 2 aromatic carbocycles. The number of likely N-dealkylation sites (tertiary alicyclic amines) is 1. The number of rotatable bonds is 2. The van der Waals surface area contributed by atoms with Gasteiger partial charge in [-0.3, -0.25) is 4.79 Å². The van der Waals surface area contributed by atoms with Crippen LogP contribution in [0.5, 0.6) is 0 Å². The van der Waals surface area contributed by atoms with E-state index in [9.17, 15) is 4.79 Å². The largest absolute Gasteiger partial charge is 0.378 e. The summed E-state index contributed by atoms with van der Waals surface area (Å²) in [5, 5.41) is 3.64. The predicted octanol–water partition coefficient (Wildman–Crippen LogP) is 3.91. The zero-order valence-corrected chi connectivity index (χ0v) is 12.5. The van der Waals surface area contributed by atoms with E-state index in [4.69, 9.17) is 0 Å². The summed E-state index contributed by atoms with van der Waals surface area (Å²) in [6.45, 7) is 0.888. The van der Waals surface area contributed by atoms with Crippen molar-refractivity contribution in [2.45, 2.75) is 31.3 Å². The number of benzene rings is 2. The second kappa shape index (κ2) is 5.48. The van der Waals surface area contributed by atoms with Crippen molar-refractivity contribution in [1.82, 2.24) is 4.90 Å². The van der Waals surface area contributed by atoms with Crippen molar-refractivity contribution in [2.24, 2.45) is 0 Å². The van der Waals surface area contributed by atoms with Crippen LogP contribution in [0.25, 0.3) is 0 Å². The molecule has 4 rings (SSSR count). The smallest absolute Gasteiger partial charge is 0.223 e. The Kier molecular flexibility index (Phi) is 3.34. The van der Waals surface area contributed by atoms with Crippen LogP contribution in [0.4, 0.5) is 5.69 Å². The Morgan fingerprint density at radius 1 is 1.00 bits per heavy atom. The highest BCUT2D eigenvalue weighted by molar-refractivity contribution is 5.79. The average Bonchev–Trinajstić information content (AvgIpc) is 3.00. The maximum Gasteiger partial charge on any atom is 0.223 e. The number of hydrogen-bond donors (Lipinski definition) is 1. The summed E-state index contributed by atoms with van der Waals surface area (Å²) in [7, 11) is 0. The minimum atomic E-state index is 0.192. The summed E-state index contributed by atoms with van der Waals surface area (Å²) < 4.78 is 0. The Balaban J connectivity index is 1.72. The molecule has 2 atom stereocenters. The van der Waals surface area contributed by atoms with Gasteiger partial charge in [0.1, 0.15) is 0 Å². The molecule has 2 aromatic rings. The summed E-state index contributed by atoms with van der Waals surface area (Å²) in [6, 6.07) is 19.4. The van der Waals surface area contributed by atoms with Gasteiger partial charge in [-0.1, -0.05) is 48.5 Å². The first kappa shape index (κ1) is 13.4. The van der Waals surface area contributed by atoms with Crippen molar-refractivity contribution in [1.29, 1.82) is 0 Å². The summed E-state index contributed by atoms with van der Waals surface area (Å²) in [4.78, 5) is 14.3. The first-order chi connectivity index (χ1) is 10.8. The lowest BCUT2D eigenvalue weighted by Gasteiger charge is -2.38. The molecule has 22 heavy (non-hydrogen) atoms. The Bertz CT molecular complexity index is 683. The van der Waals surface area contributed by atoms with E-state index < -0.39 is 0 Å². The van der Waals surface area contributed by atoms with Gasteiger partial charge in [-0.25, -0.2) is 0 Å².